The second-order valence-corrected chi connectivity index (χ2v) is 4.44. The third kappa shape index (κ3) is 2.87. The molecule has 0 aliphatic carbocycles. The first-order valence-electron chi connectivity index (χ1n) is 4.48. The number of hydrogen-bond donors (Lipinski definition) is 1. The SMILES string of the molecule is CC(C)CC(C(=O)O)c1ccc(Br)o1. The fourth-order valence-electron chi connectivity index (χ4n) is 1.33. The zero-order valence-electron chi connectivity index (χ0n) is 8.16. The lowest BCUT2D eigenvalue weighted by atomic mass is 9.95. The molecule has 0 amide bonds. The van der Waals surface area contributed by atoms with Crippen molar-refractivity contribution in [2.24, 2.45) is 5.92 Å². The second-order valence-electron chi connectivity index (χ2n) is 3.66. The topological polar surface area (TPSA) is 50.4 Å². The number of rotatable bonds is 4. The van der Waals surface area contributed by atoms with Crippen molar-refractivity contribution in [3.63, 3.8) is 0 Å². The summed E-state index contributed by atoms with van der Waals surface area (Å²) in [5, 5.41) is 9.01. The molecular formula is C10H13BrO3. The highest BCUT2D eigenvalue weighted by Crippen LogP contribution is 2.27. The number of carboxylic acids is 1. The Labute approximate surface area is 91.2 Å². The lowest BCUT2D eigenvalue weighted by molar-refractivity contribution is -0.139. The van der Waals surface area contributed by atoms with Crippen molar-refractivity contribution in [2.45, 2.75) is 26.2 Å². The molecule has 3 nitrogen and oxygen atoms in total. The number of halogens is 1. The van der Waals surface area contributed by atoms with Gasteiger partial charge in [0.1, 0.15) is 11.7 Å². The van der Waals surface area contributed by atoms with Gasteiger partial charge in [0.05, 0.1) is 0 Å². The van der Waals surface area contributed by atoms with Gasteiger partial charge in [0.2, 0.25) is 0 Å². The second kappa shape index (κ2) is 4.64. The van der Waals surface area contributed by atoms with Crippen molar-refractivity contribution in [2.75, 3.05) is 0 Å². The third-order valence-corrected chi connectivity index (χ3v) is 2.37. The number of hydrogen-bond acceptors (Lipinski definition) is 2. The molecule has 1 aromatic rings. The molecular weight excluding hydrogens is 248 g/mol. The fraction of sp³-hybridized carbons (Fsp3) is 0.500. The molecule has 14 heavy (non-hydrogen) atoms. The van der Waals surface area contributed by atoms with Gasteiger partial charge in [-0.3, -0.25) is 4.79 Å². The largest absolute Gasteiger partial charge is 0.481 e. The first-order chi connectivity index (χ1) is 6.50. The Bertz CT molecular complexity index is 317. The lowest BCUT2D eigenvalue weighted by Gasteiger charge is -2.11. The van der Waals surface area contributed by atoms with E-state index in [0.29, 0.717) is 22.8 Å². The Hall–Kier alpha value is -0.770. The molecule has 0 radical (unpaired) electrons. The van der Waals surface area contributed by atoms with Crippen LogP contribution in [0.2, 0.25) is 0 Å². The normalized spacial score (nSPS) is 13.1. The van der Waals surface area contributed by atoms with Crippen molar-refractivity contribution in [1.82, 2.24) is 0 Å². The van der Waals surface area contributed by atoms with Gasteiger partial charge in [-0.2, -0.15) is 0 Å². The highest BCUT2D eigenvalue weighted by atomic mass is 79.9. The maximum absolute atomic E-state index is 11.0. The molecule has 1 unspecified atom stereocenters. The van der Waals surface area contributed by atoms with Crippen LogP contribution in [0.4, 0.5) is 0 Å². The Morgan fingerprint density at radius 3 is 2.57 bits per heavy atom. The Morgan fingerprint density at radius 2 is 2.21 bits per heavy atom. The molecule has 1 rings (SSSR count). The van der Waals surface area contributed by atoms with Crippen LogP contribution in [0, 0.1) is 5.92 Å². The molecule has 1 N–H and O–H groups in total. The van der Waals surface area contributed by atoms with Gasteiger partial charge in [-0.15, -0.1) is 0 Å². The van der Waals surface area contributed by atoms with Crippen molar-refractivity contribution >= 4 is 21.9 Å². The molecule has 0 saturated carbocycles. The number of carbonyl (C=O) groups is 1. The maximum atomic E-state index is 11.0. The zero-order valence-corrected chi connectivity index (χ0v) is 9.74. The minimum absolute atomic E-state index is 0.333. The summed E-state index contributed by atoms with van der Waals surface area (Å²) in [6, 6.07) is 3.41. The van der Waals surface area contributed by atoms with E-state index < -0.39 is 11.9 Å². The quantitative estimate of drug-likeness (QED) is 0.904. The Balaban J connectivity index is 2.83. The molecule has 0 spiro atoms. The van der Waals surface area contributed by atoms with Crippen molar-refractivity contribution < 1.29 is 14.3 Å². The third-order valence-electron chi connectivity index (χ3n) is 1.94. The maximum Gasteiger partial charge on any atom is 0.314 e. The molecule has 1 aromatic heterocycles. The van der Waals surface area contributed by atoms with Crippen LogP contribution in [0.3, 0.4) is 0 Å². The van der Waals surface area contributed by atoms with E-state index in [0.717, 1.165) is 0 Å². The summed E-state index contributed by atoms with van der Waals surface area (Å²) in [4.78, 5) is 11.0. The van der Waals surface area contributed by atoms with Gasteiger partial charge >= 0.3 is 5.97 Å². The van der Waals surface area contributed by atoms with Crippen LogP contribution >= 0.6 is 15.9 Å². The van der Waals surface area contributed by atoms with E-state index in [-0.39, 0.29) is 0 Å². The molecule has 78 valence electrons. The van der Waals surface area contributed by atoms with Gasteiger partial charge in [-0.1, -0.05) is 13.8 Å². The smallest absolute Gasteiger partial charge is 0.314 e. The first kappa shape index (κ1) is 11.3. The van der Waals surface area contributed by atoms with Crippen molar-refractivity contribution in [3.8, 4) is 0 Å². The monoisotopic (exact) mass is 260 g/mol. The van der Waals surface area contributed by atoms with Crippen LogP contribution in [0.1, 0.15) is 31.9 Å². The summed E-state index contributed by atoms with van der Waals surface area (Å²) in [5.74, 6) is -0.528. The van der Waals surface area contributed by atoms with Gasteiger partial charge in [0.15, 0.2) is 4.67 Å². The van der Waals surface area contributed by atoms with E-state index in [2.05, 4.69) is 15.9 Å². The molecule has 1 atom stereocenters. The summed E-state index contributed by atoms with van der Waals surface area (Å²) in [6.07, 6.45) is 0.593. The van der Waals surface area contributed by atoms with E-state index in [1.807, 2.05) is 13.8 Å². The van der Waals surface area contributed by atoms with Crippen LogP contribution < -0.4 is 0 Å². The van der Waals surface area contributed by atoms with Crippen LogP contribution in [-0.2, 0) is 4.79 Å². The van der Waals surface area contributed by atoms with E-state index in [1.54, 1.807) is 12.1 Å². The Morgan fingerprint density at radius 1 is 1.57 bits per heavy atom. The molecule has 1 heterocycles. The zero-order chi connectivity index (χ0) is 10.7. The van der Waals surface area contributed by atoms with Crippen LogP contribution in [0.5, 0.6) is 0 Å². The summed E-state index contributed by atoms with van der Waals surface area (Å²) in [6.45, 7) is 3.99. The molecule has 0 bridgehead atoms. The number of furan rings is 1. The average molecular weight is 261 g/mol. The first-order valence-corrected chi connectivity index (χ1v) is 5.28. The summed E-state index contributed by atoms with van der Waals surface area (Å²) in [5.41, 5.74) is 0. The number of carboxylic acid groups (broad SMARTS) is 1. The molecule has 0 aliphatic rings. The molecule has 4 heteroatoms. The minimum atomic E-state index is -0.833. The number of aliphatic carboxylic acids is 1. The lowest BCUT2D eigenvalue weighted by Crippen LogP contribution is -2.13. The van der Waals surface area contributed by atoms with Crippen molar-refractivity contribution in [1.29, 1.82) is 0 Å². The van der Waals surface area contributed by atoms with Gasteiger partial charge in [-0.05, 0) is 40.4 Å². The standard InChI is InChI=1S/C10H13BrO3/c1-6(2)5-7(10(12)13)8-3-4-9(11)14-8/h3-4,6-7H,5H2,1-2H3,(H,12,13). The van der Waals surface area contributed by atoms with Crippen LogP contribution in [0.15, 0.2) is 21.2 Å². The highest BCUT2D eigenvalue weighted by molar-refractivity contribution is 9.10. The van der Waals surface area contributed by atoms with E-state index in [9.17, 15) is 4.79 Å². The summed E-state index contributed by atoms with van der Waals surface area (Å²) in [7, 11) is 0. The van der Waals surface area contributed by atoms with E-state index in [4.69, 9.17) is 9.52 Å². The van der Waals surface area contributed by atoms with Gasteiger partial charge in [-0.25, -0.2) is 0 Å². The summed E-state index contributed by atoms with van der Waals surface area (Å²) < 4.78 is 5.82. The van der Waals surface area contributed by atoms with Gasteiger partial charge in [0, 0.05) is 0 Å². The fourth-order valence-corrected chi connectivity index (χ4v) is 1.64. The van der Waals surface area contributed by atoms with Gasteiger partial charge < -0.3 is 9.52 Å². The average Bonchev–Trinajstić information content (AvgIpc) is 2.46. The van der Waals surface area contributed by atoms with Gasteiger partial charge in [0.25, 0.3) is 0 Å². The molecule has 0 aromatic carbocycles. The van der Waals surface area contributed by atoms with E-state index in [1.165, 1.54) is 0 Å². The Kier molecular flexibility index (Phi) is 3.75. The predicted molar refractivity (Wildman–Crippen MR) is 56.2 cm³/mol. The van der Waals surface area contributed by atoms with Crippen LogP contribution in [0.25, 0.3) is 0 Å². The van der Waals surface area contributed by atoms with Crippen molar-refractivity contribution in [3.05, 3.63) is 22.6 Å². The van der Waals surface area contributed by atoms with Crippen LogP contribution in [-0.4, -0.2) is 11.1 Å². The van der Waals surface area contributed by atoms with E-state index >= 15 is 0 Å². The molecule has 0 saturated heterocycles. The minimum Gasteiger partial charge on any atom is -0.481 e. The predicted octanol–water partition coefficient (Wildman–Crippen LogP) is 3.26. The highest BCUT2D eigenvalue weighted by Gasteiger charge is 2.24. The summed E-state index contributed by atoms with van der Waals surface area (Å²) >= 11 is 3.16. The molecule has 0 aliphatic heterocycles. The molecule has 0 fully saturated rings.